The van der Waals surface area contributed by atoms with Gasteiger partial charge in [-0.2, -0.15) is 0 Å². The van der Waals surface area contributed by atoms with Gasteiger partial charge in [-0.1, -0.05) is 18.2 Å². The number of amides is 3. The maximum absolute atomic E-state index is 12.6. The predicted octanol–water partition coefficient (Wildman–Crippen LogP) is 3.34. The highest BCUT2D eigenvalue weighted by atomic mass is 16.6. The second-order valence-electron chi connectivity index (χ2n) is 6.91. The number of hydrogen-bond donors (Lipinski definition) is 2. The van der Waals surface area contributed by atoms with E-state index >= 15 is 0 Å². The Morgan fingerprint density at radius 1 is 0.857 bits per heavy atom. The van der Waals surface area contributed by atoms with Gasteiger partial charge < -0.3 is 25.0 Å². The first-order chi connectivity index (χ1) is 13.7. The molecule has 28 heavy (non-hydrogen) atoms. The monoisotopic (exact) mass is 381 g/mol. The number of carbonyl (C=O) groups excluding carboxylic acids is 2. The van der Waals surface area contributed by atoms with Gasteiger partial charge in [0.05, 0.1) is 0 Å². The van der Waals surface area contributed by atoms with Gasteiger partial charge in [-0.3, -0.25) is 4.79 Å². The lowest BCUT2D eigenvalue weighted by Crippen LogP contribution is -2.43. The molecular formula is C21H23N3O4. The van der Waals surface area contributed by atoms with Gasteiger partial charge in [-0.15, -0.1) is 0 Å². The molecule has 0 radical (unpaired) electrons. The summed E-state index contributed by atoms with van der Waals surface area (Å²) in [4.78, 5) is 26.7. The topological polar surface area (TPSA) is 79.9 Å². The van der Waals surface area contributed by atoms with Crippen LogP contribution in [0.2, 0.25) is 0 Å². The molecule has 4 rings (SSSR count). The fourth-order valence-electron chi connectivity index (χ4n) is 3.43. The Balaban J connectivity index is 1.28. The highest BCUT2D eigenvalue weighted by molar-refractivity contribution is 5.93. The number of para-hydroxylation sites is 1. The average molecular weight is 381 g/mol. The molecular weight excluding hydrogens is 358 g/mol. The van der Waals surface area contributed by atoms with E-state index in [1.807, 2.05) is 36.4 Å². The van der Waals surface area contributed by atoms with Crippen LogP contribution in [0, 0.1) is 5.92 Å². The summed E-state index contributed by atoms with van der Waals surface area (Å²) in [5, 5.41) is 5.84. The Kier molecular flexibility index (Phi) is 5.32. The first kappa shape index (κ1) is 18.2. The Labute approximate surface area is 163 Å². The second kappa shape index (κ2) is 8.21. The summed E-state index contributed by atoms with van der Waals surface area (Å²) in [6.07, 6.45) is 1.27. The highest BCUT2D eigenvalue weighted by Gasteiger charge is 2.27. The number of rotatable bonds is 3. The quantitative estimate of drug-likeness (QED) is 0.855. The van der Waals surface area contributed by atoms with Gasteiger partial charge in [0.1, 0.15) is 13.2 Å². The van der Waals surface area contributed by atoms with Crippen LogP contribution >= 0.6 is 0 Å². The molecule has 3 amide bonds. The van der Waals surface area contributed by atoms with Gasteiger partial charge in [0.15, 0.2) is 11.5 Å². The van der Waals surface area contributed by atoms with Gasteiger partial charge in [0.25, 0.3) is 0 Å². The van der Waals surface area contributed by atoms with Crippen LogP contribution in [0.4, 0.5) is 16.2 Å². The van der Waals surface area contributed by atoms with Crippen molar-refractivity contribution in [3.63, 3.8) is 0 Å². The summed E-state index contributed by atoms with van der Waals surface area (Å²) in [6, 6.07) is 14.6. The number of nitrogens with zero attached hydrogens (tertiary/aromatic N) is 1. The number of fused-ring (bicyclic) bond motifs is 1. The van der Waals surface area contributed by atoms with Gasteiger partial charge in [0, 0.05) is 36.4 Å². The van der Waals surface area contributed by atoms with E-state index in [-0.39, 0.29) is 17.9 Å². The molecule has 2 aliphatic heterocycles. The molecule has 0 saturated carbocycles. The van der Waals surface area contributed by atoms with Crippen LogP contribution in [0.25, 0.3) is 0 Å². The third kappa shape index (κ3) is 4.19. The fraction of sp³-hybridized carbons (Fsp3) is 0.333. The second-order valence-corrected chi connectivity index (χ2v) is 6.91. The normalized spacial score (nSPS) is 16.4. The number of urea groups is 1. The molecule has 1 saturated heterocycles. The van der Waals surface area contributed by atoms with Crippen molar-refractivity contribution in [3.05, 3.63) is 48.5 Å². The lowest BCUT2D eigenvalue weighted by atomic mass is 9.96. The third-order valence-electron chi connectivity index (χ3n) is 4.99. The van der Waals surface area contributed by atoms with E-state index in [1.165, 1.54) is 0 Å². The van der Waals surface area contributed by atoms with E-state index in [1.54, 1.807) is 17.0 Å². The van der Waals surface area contributed by atoms with Crippen LogP contribution < -0.4 is 20.1 Å². The molecule has 146 valence electrons. The Hall–Kier alpha value is -3.22. The number of nitrogens with one attached hydrogen (secondary N) is 2. The van der Waals surface area contributed by atoms with Crippen LogP contribution in [-0.2, 0) is 4.79 Å². The first-order valence-electron chi connectivity index (χ1n) is 9.50. The Bertz CT molecular complexity index is 848. The maximum Gasteiger partial charge on any atom is 0.321 e. The van der Waals surface area contributed by atoms with Crippen molar-refractivity contribution in [3.8, 4) is 11.5 Å². The van der Waals surface area contributed by atoms with E-state index in [4.69, 9.17) is 9.47 Å². The molecule has 2 aromatic carbocycles. The van der Waals surface area contributed by atoms with Gasteiger partial charge >= 0.3 is 6.03 Å². The van der Waals surface area contributed by atoms with E-state index < -0.39 is 0 Å². The summed E-state index contributed by atoms with van der Waals surface area (Å²) in [6.45, 7) is 2.15. The predicted molar refractivity (Wildman–Crippen MR) is 106 cm³/mol. The van der Waals surface area contributed by atoms with Crippen LogP contribution in [0.1, 0.15) is 12.8 Å². The number of anilines is 2. The minimum absolute atomic E-state index is 0.0280. The number of likely N-dealkylation sites (tertiary alicyclic amines) is 1. The number of ether oxygens (including phenoxy) is 2. The van der Waals surface area contributed by atoms with Crippen molar-refractivity contribution in [2.75, 3.05) is 36.9 Å². The minimum atomic E-state index is -0.128. The minimum Gasteiger partial charge on any atom is -0.486 e. The van der Waals surface area contributed by atoms with E-state index in [9.17, 15) is 9.59 Å². The molecule has 1 fully saturated rings. The van der Waals surface area contributed by atoms with Crippen LogP contribution in [-0.4, -0.2) is 43.1 Å². The summed E-state index contributed by atoms with van der Waals surface area (Å²) < 4.78 is 11.0. The SMILES string of the molecule is O=C(Nc1ccc2c(c1)OCCO2)C1CCN(C(=O)Nc2ccccc2)CC1. The lowest BCUT2D eigenvalue weighted by molar-refractivity contribution is -0.121. The van der Waals surface area contributed by atoms with Crippen molar-refractivity contribution >= 4 is 23.3 Å². The number of benzene rings is 2. The van der Waals surface area contributed by atoms with Crippen LogP contribution in [0.5, 0.6) is 11.5 Å². The highest BCUT2D eigenvalue weighted by Crippen LogP contribution is 2.33. The van der Waals surface area contributed by atoms with Gasteiger partial charge in [-0.05, 0) is 37.1 Å². The van der Waals surface area contributed by atoms with Crippen molar-refractivity contribution in [2.24, 2.45) is 5.92 Å². The molecule has 7 nitrogen and oxygen atoms in total. The zero-order valence-electron chi connectivity index (χ0n) is 15.5. The van der Waals surface area contributed by atoms with Crippen molar-refractivity contribution < 1.29 is 19.1 Å². The molecule has 2 aliphatic rings. The lowest BCUT2D eigenvalue weighted by Gasteiger charge is -2.31. The van der Waals surface area contributed by atoms with Crippen molar-refractivity contribution in [1.82, 2.24) is 4.90 Å². The molecule has 0 unspecified atom stereocenters. The molecule has 7 heteroatoms. The van der Waals surface area contributed by atoms with E-state index in [0.717, 1.165) is 5.69 Å². The molecule has 2 aromatic rings. The molecule has 0 aliphatic carbocycles. The zero-order chi connectivity index (χ0) is 19.3. The van der Waals surface area contributed by atoms with Crippen LogP contribution in [0.3, 0.4) is 0 Å². The van der Waals surface area contributed by atoms with Gasteiger partial charge in [0.2, 0.25) is 5.91 Å². The van der Waals surface area contributed by atoms with Crippen molar-refractivity contribution in [2.45, 2.75) is 12.8 Å². The Morgan fingerprint density at radius 3 is 2.32 bits per heavy atom. The molecule has 2 N–H and O–H groups in total. The summed E-state index contributed by atoms with van der Waals surface area (Å²) in [7, 11) is 0. The molecule has 0 atom stereocenters. The smallest absolute Gasteiger partial charge is 0.321 e. The zero-order valence-corrected chi connectivity index (χ0v) is 15.5. The van der Waals surface area contributed by atoms with E-state index in [2.05, 4.69) is 10.6 Å². The maximum atomic E-state index is 12.6. The molecule has 2 heterocycles. The van der Waals surface area contributed by atoms with E-state index in [0.29, 0.717) is 56.3 Å². The summed E-state index contributed by atoms with van der Waals surface area (Å²) in [5.41, 5.74) is 1.46. The number of hydrogen-bond acceptors (Lipinski definition) is 4. The molecule has 0 bridgehead atoms. The fourth-order valence-corrected chi connectivity index (χ4v) is 3.43. The third-order valence-corrected chi connectivity index (χ3v) is 4.99. The Morgan fingerprint density at radius 2 is 1.57 bits per heavy atom. The standard InChI is InChI=1S/C21H23N3O4/c25-20(22-17-6-7-18-19(14-17)28-13-12-27-18)15-8-10-24(11-9-15)21(26)23-16-4-2-1-3-5-16/h1-7,14-15H,8-13H2,(H,22,25)(H,23,26). The summed E-state index contributed by atoms with van der Waals surface area (Å²) >= 11 is 0. The van der Waals surface area contributed by atoms with Gasteiger partial charge in [-0.25, -0.2) is 4.79 Å². The average Bonchev–Trinajstić information content (AvgIpc) is 2.74. The summed E-state index contributed by atoms with van der Waals surface area (Å²) in [5.74, 6) is 1.20. The van der Waals surface area contributed by atoms with Crippen LogP contribution in [0.15, 0.2) is 48.5 Å². The number of piperidine rings is 1. The molecule has 0 aromatic heterocycles. The number of carbonyl (C=O) groups is 2. The largest absolute Gasteiger partial charge is 0.486 e. The van der Waals surface area contributed by atoms with Crippen molar-refractivity contribution in [1.29, 1.82) is 0 Å². The first-order valence-corrected chi connectivity index (χ1v) is 9.50. The molecule has 0 spiro atoms.